The summed E-state index contributed by atoms with van der Waals surface area (Å²) in [5.41, 5.74) is 1.38. The van der Waals surface area contributed by atoms with Crippen molar-refractivity contribution in [3.63, 3.8) is 0 Å². The highest BCUT2D eigenvalue weighted by Crippen LogP contribution is 2.28. The second kappa shape index (κ2) is 6.86. The number of ether oxygens (including phenoxy) is 1. The molecule has 2 rings (SSSR count). The summed E-state index contributed by atoms with van der Waals surface area (Å²) in [5, 5.41) is 3.93. The molecule has 0 radical (unpaired) electrons. The zero-order valence-corrected chi connectivity index (χ0v) is 12.4. The van der Waals surface area contributed by atoms with Crippen LogP contribution >= 0.6 is 23.5 Å². The van der Waals surface area contributed by atoms with Gasteiger partial charge >= 0.3 is 5.97 Å². The molecule has 0 amide bonds. The van der Waals surface area contributed by atoms with Gasteiger partial charge in [-0.3, -0.25) is 0 Å². The maximum Gasteiger partial charge on any atom is 0.365 e. The van der Waals surface area contributed by atoms with E-state index in [1.165, 1.54) is 0 Å². The van der Waals surface area contributed by atoms with Crippen molar-refractivity contribution >= 4 is 35.2 Å². The van der Waals surface area contributed by atoms with Crippen LogP contribution in [0.1, 0.15) is 17.3 Å². The molecule has 1 aliphatic rings. The van der Waals surface area contributed by atoms with Gasteiger partial charge in [-0.05, 0) is 31.2 Å². The summed E-state index contributed by atoms with van der Waals surface area (Å²) in [6.07, 6.45) is 0. The molecule has 0 N–H and O–H groups in total. The number of rotatable bonds is 3. The second-order valence-electron chi connectivity index (χ2n) is 3.95. The molecule has 1 heterocycles. The van der Waals surface area contributed by atoms with Gasteiger partial charge in [0, 0.05) is 16.1 Å². The molecular formula is C13H15NO3S2. The van der Waals surface area contributed by atoms with E-state index in [1.807, 2.05) is 0 Å². The van der Waals surface area contributed by atoms with Crippen LogP contribution in [-0.2, 0) is 4.84 Å². The highest BCUT2D eigenvalue weighted by Gasteiger charge is 2.15. The third-order valence-electron chi connectivity index (χ3n) is 2.55. The number of carbonyl (C=O) groups excluding carboxylic acids is 1. The maximum atomic E-state index is 11.8. The van der Waals surface area contributed by atoms with E-state index in [1.54, 1.807) is 54.9 Å². The molecule has 0 unspecified atom stereocenters. The van der Waals surface area contributed by atoms with Crippen LogP contribution in [0.25, 0.3) is 0 Å². The van der Waals surface area contributed by atoms with E-state index < -0.39 is 5.97 Å². The fourth-order valence-electron chi connectivity index (χ4n) is 1.46. The van der Waals surface area contributed by atoms with Crippen molar-refractivity contribution in [3.05, 3.63) is 29.8 Å². The fraction of sp³-hybridized carbons (Fsp3) is 0.385. The Morgan fingerprint density at radius 3 is 2.47 bits per heavy atom. The summed E-state index contributed by atoms with van der Waals surface area (Å²) in [7, 11) is 1.58. The zero-order chi connectivity index (χ0) is 13.7. The number of oxime groups is 1. The number of methoxy groups -OCH3 is 1. The first-order chi connectivity index (χ1) is 9.19. The normalized spacial score (nSPS) is 18.8. The minimum atomic E-state index is -0.441. The molecule has 4 nitrogen and oxygen atoms in total. The molecule has 0 spiro atoms. The van der Waals surface area contributed by atoms with Crippen molar-refractivity contribution in [1.82, 2.24) is 0 Å². The van der Waals surface area contributed by atoms with Gasteiger partial charge in [-0.1, -0.05) is 5.16 Å². The summed E-state index contributed by atoms with van der Waals surface area (Å²) >= 11 is 3.61. The van der Waals surface area contributed by atoms with Crippen LogP contribution in [0, 0.1) is 0 Å². The van der Waals surface area contributed by atoms with Gasteiger partial charge in [0.25, 0.3) is 0 Å². The van der Waals surface area contributed by atoms with Crippen molar-refractivity contribution in [2.45, 2.75) is 11.5 Å². The van der Waals surface area contributed by atoms with Crippen LogP contribution < -0.4 is 4.74 Å². The maximum absolute atomic E-state index is 11.8. The first-order valence-corrected chi connectivity index (χ1v) is 7.93. The Morgan fingerprint density at radius 1 is 1.26 bits per heavy atom. The number of nitrogens with zero attached hydrogens (tertiary/aromatic N) is 1. The molecule has 19 heavy (non-hydrogen) atoms. The highest BCUT2D eigenvalue weighted by atomic mass is 32.2. The van der Waals surface area contributed by atoms with E-state index in [0.717, 1.165) is 17.2 Å². The lowest BCUT2D eigenvalue weighted by Gasteiger charge is -2.17. The molecule has 0 aliphatic carbocycles. The van der Waals surface area contributed by atoms with Crippen LogP contribution in [0.3, 0.4) is 0 Å². The SMILES string of the molecule is COc1ccc(C(=O)ON=C2CSC(C)SC2)cc1. The first kappa shape index (κ1) is 14.3. The molecule has 0 atom stereocenters. The van der Waals surface area contributed by atoms with Gasteiger partial charge in [0.2, 0.25) is 0 Å². The zero-order valence-electron chi connectivity index (χ0n) is 10.8. The van der Waals surface area contributed by atoms with Crippen LogP contribution in [0.5, 0.6) is 5.75 Å². The molecule has 1 fully saturated rings. The minimum absolute atomic E-state index is 0.441. The number of hydrogen-bond donors (Lipinski definition) is 0. The Hall–Kier alpha value is -1.14. The van der Waals surface area contributed by atoms with Gasteiger partial charge in [-0.25, -0.2) is 4.79 Å². The van der Waals surface area contributed by atoms with E-state index in [0.29, 0.717) is 15.9 Å². The quantitative estimate of drug-likeness (QED) is 0.634. The third-order valence-corrected chi connectivity index (χ3v) is 5.31. The summed E-state index contributed by atoms with van der Waals surface area (Å²) in [6.45, 7) is 2.16. The van der Waals surface area contributed by atoms with E-state index in [-0.39, 0.29) is 0 Å². The van der Waals surface area contributed by atoms with Gasteiger partial charge in [0.05, 0.1) is 18.4 Å². The van der Waals surface area contributed by atoms with Crippen LogP contribution in [-0.4, -0.2) is 34.9 Å². The Balaban J connectivity index is 1.91. The Morgan fingerprint density at radius 2 is 1.89 bits per heavy atom. The number of carbonyl (C=O) groups is 1. The average molecular weight is 297 g/mol. The molecule has 1 saturated heterocycles. The first-order valence-electron chi connectivity index (χ1n) is 5.83. The lowest BCUT2D eigenvalue weighted by Crippen LogP contribution is -2.16. The van der Waals surface area contributed by atoms with E-state index >= 15 is 0 Å². The van der Waals surface area contributed by atoms with Crippen molar-refractivity contribution in [2.24, 2.45) is 5.16 Å². The van der Waals surface area contributed by atoms with Crippen molar-refractivity contribution in [3.8, 4) is 5.75 Å². The standard InChI is InChI=1S/C13H15NO3S2/c1-9-18-7-11(8-19-9)14-17-13(15)10-3-5-12(16-2)6-4-10/h3-6,9H,7-8H2,1-2H3. The predicted molar refractivity (Wildman–Crippen MR) is 80.2 cm³/mol. The predicted octanol–water partition coefficient (Wildman–Crippen LogP) is 3.03. The van der Waals surface area contributed by atoms with Crippen molar-refractivity contribution < 1.29 is 14.4 Å². The van der Waals surface area contributed by atoms with Crippen molar-refractivity contribution in [2.75, 3.05) is 18.6 Å². The molecule has 6 heteroatoms. The van der Waals surface area contributed by atoms with Gasteiger partial charge < -0.3 is 9.57 Å². The smallest absolute Gasteiger partial charge is 0.365 e. The molecule has 0 bridgehead atoms. The summed E-state index contributed by atoms with van der Waals surface area (Å²) < 4.78 is 5.61. The summed E-state index contributed by atoms with van der Waals surface area (Å²) in [5.74, 6) is 1.91. The van der Waals surface area contributed by atoms with Crippen LogP contribution in [0.4, 0.5) is 0 Å². The van der Waals surface area contributed by atoms with Crippen LogP contribution in [0.15, 0.2) is 29.4 Å². The number of thioether (sulfide) groups is 2. The lowest BCUT2D eigenvalue weighted by molar-refractivity contribution is 0.0516. The van der Waals surface area contributed by atoms with E-state index in [2.05, 4.69) is 12.1 Å². The number of hydrogen-bond acceptors (Lipinski definition) is 6. The minimum Gasteiger partial charge on any atom is -0.497 e. The summed E-state index contributed by atoms with van der Waals surface area (Å²) in [6, 6.07) is 6.76. The third kappa shape index (κ3) is 4.18. The number of benzene rings is 1. The molecule has 102 valence electrons. The lowest BCUT2D eigenvalue weighted by atomic mass is 10.2. The average Bonchev–Trinajstić information content (AvgIpc) is 2.46. The molecule has 0 saturated carbocycles. The highest BCUT2D eigenvalue weighted by molar-refractivity contribution is 8.18. The van der Waals surface area contributed by atoms with Crippen molar-refractivity contribution in [1.29, 1.82) is 0 Å². The topological polar surface area (TPSA) is 47.9 Å². The molecule has 1 aromatic carbocycles. The summed E-state index contributed by atoms with van der Waals surface area (Å²) in [4.78, 5) is 16.7. The van der Waals surface area contributed by atoms with Gasteiger partial charge in [-0.15, -0.1) is 23.5 Å². The fourth-order valence-corrected chi connectivity index (χ4v) is 3.54. The van der Waals surface area contributed by atoms with E-state index in [9.17, 15) is 4.79 Å². The Bertz CT molecular complexity index is 463. The molecule has 0 aromatic heterocycles. The Kier molecular flexibility index (Phi) is 5.15. The molecule has 1 aliphatic heterocycles. The van der Waals surface area contributed by atoms with Gasteiger partial charge in [-0.2, -0.15) is 0 Å². The largest absolute Gasteiger partial charge is 0.497 e. The van der Waals surface area contributed by atoms with E-state index in [4.69, 9.17) is 9.57 Å². The molecular weight excluding hydrogens is 282 g/mol. The van der Waals surface area contributed by atoms with Gasteiger partial charge in [0.15, 0.2) is 0 Å². The monoisotopic (exact) mass is 297 g/mol. The Labute approximate surface area is 120 Å². The second-order valence-corrected chi connectivity index (χ2v) is 6.91. The van der Waals surface area contributed by atoms with Gasteiger partial charge in [0.1, 0.15) is 5.75 Å². The molecule has 1 aromatic rings. The van der Waals surface area contributed by atoms with Crippen LogP contribution in [0.2, 0.25) is 0 Å².